The Morgan fingerprint density at radius 2 is 1.65 bits per heavy atom. The molecule has 0 fully saturated rings. The van der Waals surface area contributed by atoms with Crippen LogP contribution < -0.4 is 0 Å². The second-order valence-electron chi connectivity index (χ2n) is 7.86. The lowest BCUT2D eigenvalue weighted by molar-refractivity contribution is -0.148. The van der Waals surface area contributed by atoms with Crippen LogP contribution in [0.1, 0.15) is 54.9 Å². The van der Waals surface area contributed by atoms with Gasteiger partial charge in [0.15, 0.2) is 8.32 Å². The van der Waals surface area contributed by atoms with Crippen molar-refractivity contribution in [3.63, 3.8) is 0 Å². The smallest absolute Gasteiger partial charge is 0.330 e. The van der Waals surface area contributed by atoms with Crippen molar-refractivity contribution in [1.29, 1.82) is 0 Å². The molecular weight excluding hydrogens is 268 g/mol. The molecular formula is C16H32O3Si. The number of carbonyl (C=O) groups is 1. The molecule has 0 rings (SSSR count). The molecule has 0 heterocycles. The molecule has 0 saturated heterocycles. The van der Waals surface area contributed by atoms with E-state index in [1.807, 2.05) is 26.8 Å². The molecule has 1 unspecified atom stereocenters. The minimum atomic E-state index is -1.73. The van der Waals surface area contributed by atoms with Gasteiger partial charge in [-0.15, -0.1) is 0 Å². The molecule has 118 valence electrons. The Morgan fingerprint density at radius 1 is 1.15 bits per heavy atom. The van der Waals surface area contributed by atoms with Crippen molar-refractivity contribution in [2.45, 2.75) is 84.7 Å². The minimum Gasteiger partial charge on any atom is -0.457 e. The van der Waals surface area contributed by atoms with E-state index >= 15 is 0 Å². The molecule has 0 radical (unpaired) electrons. The summed E-state index contributed by atoms with van der Waals surface area (Å²) in [5, 5.41) is 0.205. The fourth-order valence-electron chi connectivity index (χ4n) is 1.42. The monoisotopic (exact) mass is 300 g/mol. The number of esters is 1. The molecule has 0 saturated carbocycles. The topological polar surface area (TPSA) is 35.5 Å². The fraction of sp³-hybridized carbons (Fsp3) is 0.812. The molecule has 0 aliphatic rings. The third kappa shape index (κ3) is 7.85. The summed E-state index contributed by atoms with van der Waals surface area (Å²) >= 11 is 0. The fourth-order valence-corrected chi connectivity index (χ4v) is 2.88. The van der Waals surface area contributed by atoms with Gasteiger partial charge in [0.1, 0.15) is 5.60 Å². The number of rotatable bonds is 5. The summed E-state index contributed by atoms with van der Waals surface area (Å²) < 4.78 is 11.4. The van der Waals surface area contributed by atoms with Gasteiger partial charge in [-0.05, 0) is 52.2 Å². The van der Waals surface area contributed by atoms with Crippen LogP contribution in [0.15, 0.2) is 12.2 Å². The Labute approximate surface area is 125 Å². The van der Waals surface area contributed by atoms with Crippen LogP contribution in [0.25, 0.3) is 0 Å². The Balaban J connectivity index is 4.31. The van der Waals surface area contributed by atoms with Crippen molar-refractivity contribution >= 4 is 14.3 Å². The van der Waals surface area contributed by atoms with Crippen molar-refractivity contribution < 1.29 is 14.0 Å². The van der Waals surface area contributed by atoms with Gasteiger partial charge in [-0.3, -0.25) is 0 Å². The van der Waals surface area contributed by atoms with Crippen LogP contribution in [0, 0.1) is 0 Å². The lowest BCUT2D eigenvalue weighted by Crippen LogP contribution is -2.43. The van der Waals surface area contributed by atoms with E-state index in [2.05, 4.69) is 40.8 Å². The molecule has 0 N–H and O–H groups in total. The number of carbonyl (C=O) groups excluding carboxylic acids is 1. The van der Waals surface area contributed by atoms with E-state index < -0.39 is 13.9 Å². The maximum Gasteiger partial charge on any atom is 0.330 e. The summed E-state index contributed by atoms with van der Waals surface area (Å²) in [5.74, 6) is -0.294. The molecule has 1 atom stereocenters. The summed E-state index contributed by atoms with van der Waals surface area (Å²) in [7, 11) is -1.73. The van der Waals surface area contributed by atoms with E-state index in [1.165, 1.54) is 6.08 Å². The first-order valence-corrected chi connectivity index (χ1v) is 10.2. The van der Waals surface area contributed by atoms with Crippen LogP contribution in [0.4, 0.5) is 0 Å². The first-order chi connectivity index (χ1) is 8.74. The van der Waals surface area contributed by atoms with E-state index in [4.69, 9.17) is 9.16 Å². The van der Waals surface area contributed by atoms with E-state index in [0.717, 1.165) is 6.42 Å². The van der Waals surface area contributed by atoms with Gasteiger partial charge in [0.05, 0.1) is 0 Å². The highest BCUT2D eigenvalue weighted by Gasteiger charge is 2.38. The lowest BCUT2D eigenvalue weighted by Gasteiger charge is -2.38. The van der Waals surface area contributed by atoms with Crippen molar-refractivity contribution in [3.8, 4) is 0 Å². The summed E-state index contributed by atoms with van der Waals surface area (Å²) in [6.45, 7) is 18.8. The van der Waals surface area contributed by atoms with Gasteiger partial charge in [-0.25, -0.2) is 4.79 Å². The zero-order valence-corrected chi connectivity index (χ0v) is 15.7. The summed E-state index contributed by atoms with van der Waals surface area (Å²) in [6, 6.07) is 0. The Bertz CT molecular complexity index is 346. The quantitative estimate of drug-likeness (QED) is 0.420. The molecule has 0 spiro atoms. The van der Waals surface area contributed by atoms with Crippen molar-refractivity contribution in [2.75, 3.05) is 0 Å². The highest BCUT2D eigenvalue weighted by Crippen LogP contribution is 2.37. The molecule has 0 aromatic heterocycles. The van der Waals surface area contributed by atoms with Crippen LogP contribution in [0.2, 0.25) is 18.1 Å². The Morgan fingerprint density at radius 3 is 2.05 bits per heavy atom. The zero-order valence-electron chi connectivity index (χ0n) is 14.7. The maximum absolute atomic E-state index is 11.5. The first kappa shape index (κ1) is 19.4. The summed E-state index contributed by atoms with van der Waals surface area (Å²) in [4.78, 5) is 11.5. The predicted octanol–water partition coefficient (Wildman–Crippen LogP) is 4.68. The first-order valence-electron chi connectivity index (χ1n) is 7.32. The van der Waals surface area contributed by atoms with Gasteiger partial charge in [-0.1, -0.05) is 26.8 Å². The minimum absolute atomic E-state index is 0.120. The van der Waals surface area contributed by atoms with Gasteiger partial charge in [0.2, 0.25) is 0 Å². The molecule has 0 aromatic carbocycles. The largest absolute Gasteiger partial charge is 0.457 e. The third-order valence-corrected chi connectivity index (χ3v) is 8.03. The van der Waals surface area contributed by atoms with Crippen molar-refractivity contribution in [2.24, 2.45) is 0 Å². The van der Waals surface area contributed by atoms with Crippen LogP contribution >= 0.6 is 0 Å². The molecule has 0 aromatic rings. The number of ether oxygens (including phenoxy) is 1. The lowest BCUT2D eigenvalue weighted by atomic mass is 10.2. The average Bonchev–Trinajstić information content (AvgIpc) is 2.11. The van der Waals surface area contributed by atoms with Crippen LogP contribution in [-0.4, -0.2) is 26.0 Å². The number of hydrogen-bond donors (Lipinski definition) is 0. The number of hydrogen-bond acceptors (Lipinski definition) is 3. The SMILES string of the molecule is CC(C/C=C/C(=O)OC(C)(C)C)O[Si](C)(C)C(C)(C)C. The molecule has 4 heteroatoms. The van der Waals surface area contributed by atoms with Crippen LogP contribution in [0.3, 0.4) is 0 Å². The average molecular weight is 301 g/mol. The highest BCUT2D eigenvalue weighted by atomic mass is 28.4. The predicted molar refractivity (Wildman–Crippen MR) is 87.3 cm³/mol. The standard InChI is InChI=1S/C16H32O3Si/c1-13(19-20(8,9)16(5,6)7)11-10-12-14(17)18-15(2,3)4/h10,12-13H,11H2,1-9H3/b12-10+. The van der Waals surface area contributed by atoms with Crippen LogP contribution in [-0.2, 0) is 14.0 Å². The molecule has 3 nitrogen and oxygen atoms in total. The van der Waals surface area contributed by atoms with Gasteiger partial charge >= 0.3 is 5.97 Å². The highest BCUT2D eigenvalue weighted by molar-refractivity contribution is 6.74. The normalized spacial score (nSPS) is 15.4. The van der Waals surface area contributed by atoms with E-state index in [1.54, 1.807) is 0 Å². The van der Waals surface area contributed by atoms with Crippen molar-refractivity contribution in [1.82, 2.24) is 0 Å². The van der Waals surface area contributed by atoms with Gasteiger partial charge < -0.3 is 9.16 Å². The molecule has 20 heavy (non-hydrogen) atoms. The summed E-state index contributed by atoms with van der Waals surface area (Å²) in [5.41, 5.74) is -0.440. The van der Waals surface area contributed by atoms with Gasteiger partial charge in [0, 0.05) is 12.2 Å². The van der Waals surface area contributed by atoms with Gasteiger partial charge in [0.25, 0.3) is 0 Å². The van der Waals surface area contributed by atoms with E-state index in [0.29, 0.717) is 0 Å². The molecule has 0 amide bonds. The van der Waals surface area contributed by atoms with E-state index in [9.17, 15) is 4.79 Å². The van der Waals surface area contributed by atoms with Crippen molar-refractivity contribution in [3.05, 3.63) is 12.2 Å². The van der Waals surface area contributed by atoms with Gasteiger partial charge in [-0.2, -0.15) is 0 Å². The molecule has 0 bridgehead atoms. The van der Waals surface area contributed by atoms with Crippen LogP contribution in [0.5, 0.6) is 0 Å². The van der Waals surface area contributed by atoms with E-state index in [-0.39, 0.29) is 17.1 Å². The second kappa shape index (κ2) is 6.90. The Kier molecular flexibility index (Phi) is 6.69. The molecule has 0 aliphatic carbocycles. The molecule has 0 aliphatic heterocycles. The second-order valence-corrected chi connectivity index (χ2v) is 12.6. The third-order valence-electron chi connectivity index (χ3n) is 3.43. The summed E-state index contributed by atoms with van der Waals surface area (Å²) in [6.07, 6.45) is 4.18. The Hall–Kier alpha value is -0.613. The maximum atomic E-state index is 11.5. The zero-order chi connectivity index (χ0) is 16.2.